The first-order chi connectivity index (χ1) is 9.60. The van der Waals surface area contributed by atoms with Gasteiger partial charge in [-0.1, -0.05) is 31.2 Å². The van der Waals surface area contributed by atoms with Crippen molar-refractivity contribution in [3.05, 3.63) is 65.5 Å². The summed E-state index contributed by atoms with van der Waals surface area (Å²) in [4.78, 5) is 0. The van der Waals surface area contributed by atoms with E-state index in [1.165, 1.54) is 12.1 Å². The third kappa shape index (κ3) is 3.58. The molecule has 2 unspecified atom stereocenters. The number of hydrogen-bond donors (Lipinski definition) is 1. The Hall–Kier alpha value is -1.87. The van der Waals surface area contributed by atoms with Gasteiger partial charge in [0.15, 0.2) is 0 Å². The molecular weight excluding hydrogens is 253 g/mol. The number of halogens is 1. The van der Waals surface area contributed by atoms with Crippen molar-refractivity contribution in [3.8, 4) is 5.75 Å². The van der Waals surface area contributed by atoms with Crippen LogP contribution in [0.2, 0.25) is 0 Å². The minimum atomic E-state index is -0.350. The molecule has 0 aliphatic rings. The molecule has 0 amide bonds. The van der Waals surface area contributed by atoms with Crippen LogP contribution in [0.3, 0.4) is 0 Å². The van der Waals surface area contributed by atoms with Crippen LogP contribution in [0, 0.1) is 12.7 Å². The maximum atomic E-state index is 13.4. The standard InChI is InChI=1S/C17H20FNO/c1-3-16(19)17(13-7-5-8-14(18)11-13)20-15-9-4-6-12(2)10-15/h4-11,16-17H,3,19H2,1-2H3. The number of aryl methyl sites for hydroxylation is 1. The van der Waals surface area contributed by atoms with Gasteiger partial charge in [-0.2, -0.15) is 0 Å². The van der Waals surface area contributed by atoms with Crippen molar-refractivity contribution in [1.29, 1.82) is 0 Å². The molecule has 0 heterocycles. The maximum absolute atomic E-state index is 13.4. The van der Waals surface area contributed by atoms with Gasteiger partial charge in [-0.15, -0.1) is 0 Å². The fraction of sp³-hybridized carbons (Fsp3) is 0.294. The van der Waals surface area contributed by atoms with E-state index in [1.807, 2.05) is 44.2 Å². The molecule has 0 spiro atoms. The number of ether oxygens (including phenoxy) is 1. The lowest BCUT2D eigenvalue weighted by molar-refractivity contribution is 0.170. The Balaban J connectivity index is 2.29. The molecule has 2 N–H and O–H groups in total. The zero-order valence-corrected chi connectivity index (χ0v) is 11.8. The van der Waals surface area contributed by atoms with Crippen LogP contribution < -0.4 is 10.5 Å². The first-order valence-electron chi connectivity index (χ1n) is 6.84. The normalized spacial score (nSPS) is 13.8. The molecule has 106 valence electrons. The van der Waals surface area contributed by atoms with Crippen molar-refractivity contribution in [2.75, 3.05) is 0 Å². The lowest BCUT2D eigenvalue weighted by atomic mass is 10.0. The summed E-state index contributed by atoms with van der Waals surface area (Å²) in [6.45, 7) is 4.00. The summed E-state index contributed by atoms with van der Waals surface area (Å²) in [5, 5.41) is 0. The van der Waals surface area contributed by atoms with Crippen molar-refractivity contribution in [2.24, 2.45) is 5.73 Å². The predicted molar refractivity (Wildman–Crippen MR) is 79.2 cm³/mol. The lowest BCUT2D eigenvalue weighted by Gasteiger charge is -2.25. The molecule has 0 aliphatic carbocycles. The van der Waals surface area contributed by atoms with Crippen LogP contribution in [-0.4, -0.2) is 6.04 Å². The summed E-state index contributed by atoms with van der Waals surface area (Å²) in [7, 11) is 0. The molecule has 0 bridgehead atoms. The molecule has 3 heteroatoms. The van der Waals surface area contributed by atoms with Gasteiger partial charge in [-0.25, -0.2) is 4.39 Å². The Morgan fingerprint density at radius 3 is 2.55 bits per heavy atom. The maximum Gasteiger partial charge on any atom is 0.139 e. The van der Waals surface area contributed by atoms with Crippen LogP contribution >= 0.6 is 0 Å². The van der Waals surface area contributed by atoms with Gasteiger partial charge in [-0.05, 0) is 48.7 Å². The Kier molecular flexibility index (Phi) is 4.74. The molecular formula is C17H20FNO. The van der Waals surface area contributed by atoms with E-state index in [9.17, 15) is 4.39 Å². The highest BCUT2D eigenvalue weighted by atomic mass is 19.1. The fourth-order valence-corrected chi connectivity index (χ4v) is 2.14. The van der Waals surface area contributed by atoms with Gasteiger partial charge in [-0.3, -0.25) is 0 Å². The van der Waals surface area contributed by atoms with Gasteiger partial charge < -0.3 is 10.5 Å². The van der Waals surface area contributed by atoms with E-state index in [0.29, 0.717) is 0 Å². The second-order valence-corrected chi connectivity index (χ2v) is 4.98. The van der Waals surface area contributed by atoms with Crippen LogP contribution in [0.4, 0.5) is 4.39 Å². The summed E-state index contributed by atoms with van der Waals surface area (Å²) in [5.74, 6) is 0.479. The highest BCUT2D eigenvalue weighted by molar-refractivity contribution is 5.29. The van der Waals surface area contributed by atoms with Gasteiger partial charge in [0.25, 0.3) is 0 Å². The van der Waals surface area contributed by atoms with E-state index < -0.39 is 0 Å². The third-order valence-corrected chi connectivity index (χ3v) is 3.29. The van der Waals surface area contributed by atoms with E-state index in [4.69, 9.17) is 10.5 Å². The molecule has 2 atom stereocenters. The number of hydrogen-bond acceptors (Lipinski definition) is 2. The highest BCUT2D eigenvalue weighted by Gasteiger charge is 2.21. The summed E-state index contributed by atoms with van der Waals surface area (Å²) in [6.07, 6.45) is 0.407. The molecule has 0 radical (unpaired) electrons. The molecule has 2 rings (SSSR count). The van der Waals surface area contributed by atoms with Gasteiger partial charge in [0.1, 0.15) is 17.7 Å². The fourth-order valence-electron chi connectivity index (χ4n) is 2.14. The Bertz CT molecular complexity index is 570. The SMILES string of the molecule is CCC(N)C(Oc1cccc(C)c1)c1cccc(F)c1. The smallest absolute Gasteiger partial charge is 0.139 e. The van der Waals surface area contributed by atoms with E-state index in [2.05, 4.69) is 0 Å². The molecule has 0 saturated heterocycles. The summed E-state index contributed by atoms with van der Waals surface area (Å²) >= 11 is 0. The average molecular weight is 273 g/mol. The Labute approximate surface area is 119 Å². The topological polar surface area (TPSA) is 35.2 Å². The number of benzene rings is 2. The van der Waals surface area contributed by atoms with Crippen LogP contribution in [0.1, 0.15) is 30.6 Å². The minimum absolute atomic E-state index is 0.183. The van der Waals surface area contributed by atoms with Gasteiger partial charge in [0.2, 0.25) is 0 Å². The van der Waals surface area contributed by atoms with Crippen molar-refractivity contribution < 1.29 is 9.13 Å². The van der Waals surface area contributed by atoms with Gasteiger partial charge in [0.05, 0.1) is 0 Å². The number of rotatable bonds is 5. The van der Waals surface area contributed by atoms with E-state index in [1.54, 1.807) is 6.07 Å². The quantitative estimate of drug-likeness (QED) is 0.894. The molecule has 0 aliphatic heterocycles. The van der Waals surface area contributed by atoms with Crippen molar-refractivity contribution in [1.82, 2.24) is 0 Å². The summed E-state index contributed by atoms with van der Waals surface area (Å²) in [6, 6.07) is 14.0. The Morgan fingerprint density at radius 1 is 1.15 bits per heavy atom. The predicted octanol–water partition coefficient (Wildman–Crippen LogP) is 3.99. The minimum Gasteiger partial charge on any atom is -0.484 e. The van der Waals surface area contributed by atoms with Crippen LogP contribution in [0.5, 0.6) is 5.75 Å². The van der Waals surface area contributed by atoms with Gasteiger partial charge >= 0.3 is 0 Å². The lowest BCUT2D eigenvalue weighted by Crippen LogP contribution is -2.31. The Morgan fingerprint density at radius 2 is 1.90 bits per heavy atom. The highest BCUT2D eigenvalue weighted by Crippen LogP contribution is 2.26. The first kappa shape index (κ1) is 14.5. The van der Waals surface area contributed by atoms with Crippen molar-refractivity contribution in [3.63, 3.8) is 0 Å². The molecule has 2 aromatic rings. The molecule has 2 nitrogen and oxygen atoms in total. The van der Waals surface area contributed by atoms with Crippen LogP contribution in [0.25, 0.3) is 0 Å². The zero-order valence-electron chi connectivity index (χ0n) is 11.8. The van der Waals surface area contributed by atoms with E-state index in [-0.39, 0.29) is 18.0 Å². The molecule has 0 saturated carbocycles. The van der Waals surface area contributed by atoms with E-state index >= 15 is 0 Å². The van der Waals surface area contributed by atoms with Crippen LogP contribution in [-0.2, 0) is 0 Å². The molecule has 2 aromatic carbocycles. The summed E-state index contributed by atoms with van der Waals surface area (Å²) < 4.78 is 19.4. The monoisotopic (exact) mass is 273 g/mol. The second kappa shape index (κ2) is 6.53. The molecule has 0 fully saturated rings. The zero-order chi connectivity index (χ0) is 14.5. The first-order valence-corrected chi connectivity index (χ1v) is 6.84. The van der Waals surface area contributed by atoms with Gasteiger partial charge in [0, 0.05) is 6.04 Å². The number of nitrogens with two attached hydrogens (primary N) is 1. The molecule has 20 heavy (non-hydrogen) atoms. The molecule has 0 aromatic heterocycles. The van der Waals surface area contributed by atoms with Crippen molar-refractivity contribution >= 4 is 0 Å². The average Bonchev–Trinajstić information content (AvgIpc) is 2.44. The largest absolute Gasteiger partial charge is 0.484 e. The van der Waals surface area contributed by atoms with E-state index in [0.717, 1.165) is 23.3 Å². The third-order valence-electron chi connectivity index (χ3n) is 3.29. The van der Waals surface area contributed by atoms with Crippen LogP contribution in [0.15, 0.2) is 48.5 Å². The summed E-state index contributed by atoms with van der Waals surface area (Å²) in [5.41, 5.74) is 8.02. The van der Waals surface area contributed by atoms with Crippen molar-refractivity contribution in [2.45, 2.75) is 32.4 Å². The second-order valence-electron chi connectivity index (χ2n) is 4.98.